The molecular formula is C13H15FN2O5. The average Bonchev–Trinajstić information content (AvgIpc) is 2.83. The number of carbonyl (C=O) groups excluding carboxylic acids is 1. The van der Waals surface area contributed by atoms with E-state index >= 15 is 0 Å². The molecule has 0 spiro atoms. The van der Waals surface area contributed by atoms with E-state index in [1.165, 1.54) is 13.2 Å². The molecule has 0 aliphatic carbocycles. The Hall–Kier alpha value is -2.35. The van der Waals surface area contributed by atoms with Gasteiger partial charge >= 0.3 is 12.0 Å². The average molecular weight is 298 g/mol. The summed E-state index contributed by atoms with van der Waals surface area (Å²) in [5.74, 6) is -1.59. The summed E-state index contributed by atoms with van der Waals surface area (Å²) in [4.78, 5) is 24.2. The van der Waals surface area contributed by atoms with Gasteiger partial charge in [-0.2, -0.15) is 0 Å². The molecule has 1 aliphatic heterocycles. The van der Waals surface area contributed by atoms with Crippen molar-refractivity contribution in [1.82, 2.24) is 4.90 Å². The molecule has 2 rings (SSSR count). The molecule has 0 saturated carbocycles. The van der Waals surface area contributed by atoms with Gasteiger partial charge in [0, 0.05) is 19.0 Å². The minimum Gasteiger partial charge on any atom is -0.494 e. The summed E-state index contributed by atoms with van der Waals surface area (Å²) in [7, 11) is 1.32. The first-order valence-electron chi connectivity index (χ1n) is 6.24. The molecule has 3 N–H and O–H groups in total. The van der Waals surface area contributed by atoms with Crippen LogP contribution in [0.1, 0.15) is 6.42 Å². The first-order chi connectivity index (χ1) is 9.92. The van der Waals surface area contributed by atoms with Gasteiger partial charge in [-0.3, -0.25) is 0 Å². The summed E-state index contributed by atoms with van der Waals surface area (Å²) in [5, 5.41) is 21.0. The topological polar surface area (TPSA) is 99.1 Å². The Morgan fingerprint density at radius 1 is 1.48 bits per heavy atom. The lowest BCUT2D eigenvalue weighted by atomic mass is 10.2. The number of nitrogens with zero attached hydrogens (tertiary/aromatic N) is 1. The second-order valence-corrected chi connectivity index (χ2v) is 4.67. The van der Waals surface area contributed by atoms with Crippen molar-refractivity contribution in [2.75, 3.05) is 19.0 Å². The minimum atomic E-state index is -1.19. The SMILES string of the molecule is COc1cc(F)ccc1NC(=O)N1CC(O)CC1C(=O)O. The number of β-amino-alcohol motifs (C(OH)–C–C–N with tert-alkyl or cyclic N) is 1. The third kappa shape index (κ3) is 3.22. The highest BCUT2D eigenvalue weighted by Crippen LogP contribution is 2.26. The van der Waals surface area contributed by atoms with Crippen LogP contribution in [-0.2, 0) is 4.79 Å². The molecule has 21 heavy (non-hydrogen) atoms. The number of hydrogen-bond donors (Lipinski definition) is 3. The number of aliphatic hydroxyl groups excluding tert-OH is 1. The molecule has 1 aromatic carbocycles. The summed E-state index contributed by atoms with van der Waals surface area (Å²) in [6.45, 7) is -0.0771. The number of rotatable bonds is 3. The quantitative estimate of drug-likeness (QED) is 0.769. The zero-order chi connectivity index (χ0) is 15.6. The largest absolute Gasteiger partial charge is 0.494 e. The van der Waals surface area contributed by atoms with Gasteiger partial charge in [-0.1, -0.05) is 0 Å². The highest BCUT2D eigenvalue weighted by molar-refractivity contribution is 5.94. The molecule has 2 unspecified atom stereocenters. The van der Waals surface area contributed by atoms with Crippen LogP contribution in [0.25, 0.3) is 0 Å². The smallest absolute Gasteiger partial charge is 0.326 e. The molecule has 0 radical (unpaired) electrons. The third-order valence-corrected chi connectivity index (χ3v) is 3.23. The highest BCUT2D eigenvalue weighted by atomic mass is 19.1. The fourth-order valence-electron chi connectivity index (χ4n) is 2.23. The lowest BCUT2D eigenvalue weighted by Crippen LogP contribution is -2.43. The van der Waals surface area contributed by atoms with Crippen LogP contribution in [0.2, 0.25) is 0 Å². The van der Waals surface area contributed by atoms with E-state index in [9.17, 15) is 19.1 Å². The lowest BCUT2D eigenvalue weighted by Gasteiger charge is -2.22. The number of carbonyl (C=O) groups is 2. The molecular weight excluding hydrogens is 283 g/mol. The number of ether oxygens (including phenoxy) is 1. The van der Waals surface area contributed by atoms with Gasteiger partial charge in [-0.25, -0.2) is 14.0 Å². The highest BCUT2D eigenvalue weighted by Gasteiger charge is 2.39. The number of carboxylic acid groups (broad SMARTS) is 1. The summed E-state index contributed by atoms with van der Waals surface area (Å²) in [5.41, 5.74) is 0.217. The van der Waals surface area contributed by atoms with Crippen LogP contribution in [0.15, 0.2) is 18.2 Å². The van der Waals surface area contributed by atoms with Crippen LogP contribution in [0, 0.1) is 5.82 Å². The standard InChI is InChI=1S/C13H15FN2O5/c1-21-11-4-7(14)2-3-9(11)15-13(20)16-6-8(17)5-10(16)12(18)19/h2-4,8,10,17H,5-6H2,1H3,(H,15,20)(H,18,19). The second kappa shape index (κ2) is 5.96. The van der Waals surface area contributed by atoms with E-state index in [0.29, 0.717) is 0 Å². The van der Waals surface area contributed by atoms with E-state index in [1.54, 1.807) is 0 Å². The summed E-state index contributed by atoms with van der Waals surface area (Å²) in [6.07, 6.45) is -0.907. The maximum atomic E-state index is 13.1. The van der Waals surface area contributed by atoms with Crippen molar-refractivity contribution in [3.8, 4) is 5.75 Å². The number of halogens is 1. The number of carboxylic acids is 1. The Morgan fingerprint density at radius 2 is 2.19 bits per heavy atom. The molecule has 1 fully saturated rings. The van der Waals surface area contributed by atoms with Crippen molar-refractivity contribution in [2.45, 2.75) is 18.6 Å². The zero-order valence-corrected chi connectivity index (χ0v) is 11.2. The van der Waals surface area contributed by atoms with Crippen LogP contribution in [0.5, 0.6) is 5.75 Å². The van der Waals surface area contributed by atoms with Crippen LogP contribution in [-0.4, -0.2) is 52.9 Å². The molecule has 2 atom stereocenters. The Bertz CT molecular complexity index is 565. The van der Waals surface area contributed by atoms with Crippen LogP contribution in [0.3, 0.4) is 0 Å². The maximum absolute atomic E-state index is 13.1. The number of likely N-dealkylation sites (tertiary alicyclic amines) is 1. The van der Waals surface area contributed by atoms with Gasteiger partial charge < -0.3 is 25.2 Å². The predicted octanol–water partition coefficient (Wildman–Crippen LogP) is 0.886. The van der Waals surface area contributed by atoms with E-state index in [1.807, 2.05) is 0 Å². The first kappa shape index (κ1) is 15.0. The predicted molar refractivity (Wildman–Crippen MR) is 70.7 cm³/mol. The number of benzene rings is 1. The molecule has 1 heterocycles. The molecule has 1 aliphatic rings. The summed E-state index contributed by atoms with van der Waals surface area (Å²) < 4.78 is 18.0. The third-order valence-electron chi connectivity index (χ3n) is 3.23. The van der Waals surface area contributed by atoms with Crippen molar-refractivity contribution in [1.29, 1.82) is 0 Å². The monoisotopic (exact) mass is 298 g/mol. The van der Waals surface area contributed by atoms with Crippen molar-refractivity contribution < 1.29 is 28.9 Å². The number of aliphatic carboxylic acids is 1. The van der Waals surface area contributed by atoms with E-state index < -0.39 is 30.0 Å². The van der Waals surface area contributed by atoms with Gasteiger partial charge in [0.15, 0.2) is 0 Å². The van der Waals surface area contributed by atoms with Crippen molar-refractivity contribution in [3.63, 3.8) is 0 Å². The van der Waals surface area contributed by atoms with Crippen molar-refractivity contribution in [3.05, 3.63) is 24.0 Å². The number of hydrogen-bond acceptors (Lipinski definition) is 4. The van der Waals surface area contributed by atoms with Crippen LogP contribution in [0.4, 0.5) is 14.9 Å². The van der Waals surface area contributed by atoms with Gasteiger partial charge in [0.1, 0.15) is 17.6 Å². The van der Waals surface area contributed by atoms with E-state index in [-0.39, 0.29) is 24.4 Å². The first-order valence-corrected chi connectivity index (χ1v) is 6.24. The van der Waals surface area contributed by atoms with Gasteiger partial charge in [0.05, 0.1) is 18.9 Å². The molecule has 2 amide bonds. The lowest BCUT2D eigenvalue weighted by molar-refractivity contribution is -0.141. The zero-order valence-electron chi connectivity index (χ0n) is 11.2. The van der Waals surface area contributed by atoms with Crippen LogP contribution >= 0.6 is 0 Å². The molecule has 1 aromatic rings. The fourth-order valence-corrected chi connectivity index (χ4v) is 2.23. The number of amides is 2. The van der Waals surface area contributed by atoms with E-state index in [2.05, 4.69) is 5.32 Å². The molecule has 114 valence electrons. The van der Waals surface area contributed by atoms with Gasteiger partial charge in [0.25, 0.3) is 0 Å². The summed E-state index contributed by atoms with van der Waals surface area (Å²) >= 11 is 0. The Labute approximate surface area is 119 Å². The van der Waals surface area contributed by atoms with Crippen molar-refractivity contribution in [2.24, 2.45) is 0 Å². The Balaban J connectivity index is 2.16. The molecule has 8 heteroatoms. The molecule has 1 saturated heterocycles. The number of anilines is 1. The van der Waals surface area contributed by atoms with Gasteiger partial charge in [-0.05, 0) is 12.1 Å². The normalized spacial score (nSPS) is 21.2. The van der Waals surface area contributed by atoms with E-state index in [4.69, 9.17) is 9.84 Å². The Kier molecular flexibility index (Phi) is 4.27. The summed E-state index contributed by atoms with van der Waals surface area (Å²) in [6, 6.07) is 1.78. The van der Waals surface area contributed by atoms with Crippen LogP contribution < -0.4 is 10.1 Å². The Morgan fingerprint density at radius 3 is 2.81 bits per heavy atom. The number of nitrogens with one attached hydrogen (secondary N) is 1. The molecule has 7 nitrogen and oxygen atoms in total. The minimum absolute atomic E-state index is 0.0245. The fraction of sp³-hybridized carbons (Fsp3) is 0.385. The van der Waals surface area contributed by atoms with Crippen molar-refractivity contribution >= 4 is 17.7 Å². The molecule has 0 aromatic heterocycles. The number of aliphatic hydroxyl groups is 1. The van der Waals surface area contributed by atoms with E-state index in [0.717, 1.165) is 17.0 Å². The van der Waals surface area contributed by atoms with Gasteiger partial charge in [0.2, 0.25) is 0 Å². The number of methoxy groups -OCH3 is 1. The maximum Gasteiger partial charge on any atom is 0.326 e. The molecule has 0 bridgehead atoms. The van der Waals surface area contributed by atoms with Gasteiger partial charge in [-0.15, -0.1) is 0 Å². The second-order valence-electron chi connectivity index (χ2n) is 4.67. The number of urea groups is 1.